The molecular formula is C7H16FNO. The second-order valence-corrected chi connectivity index (χ2v) is 2.49. The molecule has 1 unspecified atom stereocenters. The molecule has 1 atom stereocenters. The van der Waals surface area contributed by atoms with E-state index in [-0.39, 0.29) is 12.6 Å². The average molecular weight is 149 g/mol. The van der Waals surface area contributed by atoms with Crippen molar-refractivity contribution < 1.29 is 9.50 Å². The van der Waals surface area contributed by atoms with Gasteiger partial charge in [-0.3, -0.25) is 0 Å². The van der Waals surface area contributed by atoms with Gasteiger partial charge in [0.2, 0.25) is 0 Å². The highest BCUT2D eigenvalue weighted by atomic mass is 19.1. The van der Waals surface area contributed by atoms with Crippen molar-refractivity contribution in [2.45, 2.75) is 31.7 Å². The van der Waals surface area contributed by atoms with Crippen LogP contribution in [0.4, 0.5) is 4.39 Å². The van der Waals surface area contributed by atoms with Gasteiger partial charge in [0.05, 0.1) is 0 Å². The summed E-state index contributed by atoms with van der Waals surface area (Å²) >= 11 is 0. The summed E-state index contributed by atoms with van der Waals surface area (Å²) in [5.74, 6) is 0. The van der Waals surface area contributed by atoms with Gasteiger partial charge in [0.1, 0.15) is 6.67 Å². The summed E-state index contributed by atoms with van der Waals surface area (Å²) in [6, 6.07) is -0.293. The van der Waals surface area contributed by atoms with Crippen LogP contribution in [-0.2, 0) is 0 Å². The first-order chi connectivity index (χ1) is 4.81. The molecule has 0 heterocycles. The third-order valence-electron chi connectivity index (χ3n) is 1.43. The molecule has 0 aliphatic heterocycles. The van der Waals surface area contributed by atoms with Crippen LogP contribution in [0.5, 0.6) is 0 Å². The predicted octanol–water partition coefficient (Wildman–Crippen LogP) is 0.836. The van der Waals surface area contributed by atoms with E-state index in [2.05, 4.69) is 0 Å². The monoisotopic (exact) mass is 149 g/mol. The average Bonchev–Trinajstić information content (AvgIpc) is 1.98. The molecule has 0 aromatic heterocycles. The molecule has 0 saturated heterocycles. The molecule has 0 aliphatic rings. The molecule has 0 aromatic rings. The van der Waals surface area contributed by atoms with Crippen molar-refractivity contribution in [3.63, 3.8) is 0 Å². The van der Waals surface area contributed by atoms with E-state index in [9.17, 15) is 4.39 Å². The van der Waals surface area contributed by atoms with Gasteiger partial charge in [0.15, 0.2) is 0 Å². The molecule has 62 valence electrons. The Kier molecular flexibility index (Phi) is 6.86. The molecule has 0 amide bonds. The minimum atomic E-state index is -0.431. The Morgan fingerprint density at radius 2 is 2.00 bits per heavy atom. The van der Waals surface area contributed by atoms with E-state index in [1.54, 1.807) is 0 Å². The lowest BCUT2D eigenvalue weighted by molar-refractivity contribution is 0.281. The highest BCUT2D eigenvalue weighted by Crippen LogP contribution is 2.01. The van der Waals surface area contributed by atoms with Crippen LogP contribution < -0.4 is 5.73 Å². The van der Waals surface area contributed by atoms with Crippen LogP contribution in [0, 0.1) is 0 Å². The summed E-state index contributed by atoms with van der Waals surface area (Å²) in [7, 11) is 0. The third-order valence-corrected chi connectivity index (χ3v) is 1.43. The highest BCUT2D eigenvalue weighted by Gasteiger charge is 1.99. The van der Waals surface area contributed by atoms with Gasteiger partial charge in [0, 0.05) is 12.6 Å². The second-order valence-electron chi connectivity index (χ2n) is 2.49. The Morgan fingerprint density at radius 3 is 2.50 bits per heavy atom. The SMILES string of the molecule is NC(CF)CCCCCO. The van der Waals surface area contributed by atoms with Gasteiger partial charge in [0.25, 0.3) is 0 Å². The van der Waals surface area contributed by atoms with E-state index in [1.165, 1.54) is 0 Å². The molecule has 0 aliphatic carbocycles. The van der Waals surface area contributed by atoms with Crippen molar-refractivity contribution in [1.82, 2.24) is 0 Å². The maximum Gasteiger partial charge on any atom is 0.104 e. The molecule has 0 spiro atoms. The number of halogens is 1. The molecule has 3 heteroatoms. The maximum atomic E-state index is 11.7. The first kappa shape index (κ1) is 9.85. The van der Waals surface area contributed by atoms with Gasteiger partial charge >= 0.3 is 0 Å². The largest absolute Gasteiger partial charge is 0.396 e. The van der Waals surface area contributed by atoms with E-state index in [1.807, 2.05) is 0 Å². The quantitative estimate of drug-likeness (QED) is 0.550. The van der Waals surface area contributed by atoms with Crippen molar-refractivity contribution in [3.05, 3.63) is 0 Å². The first-order valence-electron chi connectivity index (χ1n) is 3.73. The van der Waals surface area contributed by atoms with Crippen LogP contribution >= 0.6 is 0 Å². The molecule has 10 heavy (non-hydrogen) atoms. The van der Waals surface area contributed by atoms with E-state index in [4.69, 9.17) is 10.8 Å². The summed E-state index contributed by atoms with van der Waals surface area (Å²) in [5.41, 5.74) is 5.32. The molecular weight excluding hydrogens is 133 g/mol. The molecule has 0 fully saturated rings. The van der Waals surface area contributed by atoms with Crippen LogP contribution in [0.3, 0.4) is 0 Å². The minimum absolute atomic E-state index is 0.227. The molecule has 3 N–H and O–H groups in total. The van der Waals surface area contributed by atoms with Gasteiger partial charge in [-0.2, -0.15) is 0 Å². The fraction of sp³-hybridized carbons (Fsp3) is 1.00. The Hall–Kier alpha value is -0.150. The maximum absolute atomic E-state index is 11.7. The van der Waals surface area contributed by atoms with Crippen LogP contribution in [0.25, 0.3) is 0 Å². The fourth-order valence-corrected chi connectivity index (χ4v) is 0.772. The molecule has 0 aromatic carbocycles. The zero-order valence-corrected chi connectivity index (χ0v) is 6.22. The normalized spacial score (nSPS) is 13.5. The summed E-state index contributed by atoms with van der Waals surface area (Å²) in [6.07, 6.45) is 3.41. The number of rotatable bonds is 6. The lowest BCUT2D eigenvalue weighted by atomic mass is 10.1. The van der Waals surface area contributed by atoms with Crippen molar-refractivity contribution in [3.8, 4) is 0 Å². The number of aliphatic hydroxyl groups excluding tert-OH is 1. The van der Waals surface area contributed by atoms with E-state index in [0.717, 1.165) is 25.7 Å². The van der Waals surface area contributed by atoms with Crippen molar-refractivity contribution in [2.75, 3.05) is 13.3 Å². The van der Waals surface area contributed by atoms with E-state index in [0.29, 0.717) is 0 Å². The van der Waals surface area contributed by atoms with Crippen LogP contribution in [0.1, 0.15) is 25.7 Å². The number of aliphatic hydroxyl groups is 1. The molecule has 2 nitrogen and oxygen atoms in total. The molecule has 0 bridgehead atoms. The molecule has 0 radical (unpaired) electrons. The zero-order valence-electron chi connectivity index (χ0n) is 6.22. The van der Waals surface area contributed by atoms with E-state index < -0.39 is 6.67 Å². The van der Waals surface area contributed by atoms with Crippen LogP contribution in [0.2, 0.25) is 0 Å². The lowest BCUT2D eigenvalue weighted by Crippen LogP contribution is -2.21. The summed E-state index contributed by atoms with van der Waals surface area (Å²) in [4.78, 5) is 0. The van der Waals surface area contributed by atoms with Gasteiger partial charge < -0.3 is 10.8 Å². The topological polar surface area (TPSA) is 46.2 Å². The van der Waals surface area contributed by atoms with Crippen molar-refractivity contribution in [1.29, 1.82) is 0 Å². The molecule has 0 saturated carbocycles. The number of nitrogens with two attached hydrogens (primary N) is 1. The summed E-state index contributed by atoms with van der Waals surface area (Å²) < 4.78 is 11.7. The smallest absolute Gasteiger partial charge is 0.104 e. The number of hydrogen-bond donors (Lipinski definition) is 2. The standard InChI is InChI=1S/C7H16FNO/c8-6-7(9)4-2-1-3-5-10/h7,10H,1-6,9H2. The Bertz CT molecular complexity index is 70.6. The third kappa shape index (κ3) is 5.98. The summed E-state index contributed by atoms with van der Waals surface area (Å²) in [6.45, 7) is -0.204. The Labute approximate surface area is 61.2 Å². The molecule has 0 rings (SSSR count). The lowest BCUT2D eigenvalue weighted by Gasteiger charge is -2.04. The van der Waals surface area contributed by atoms with Gasteiger partial charge in [-0.05, 0) is 12.8 Å². The van der Waals surface area contributed by atoms with Gasteiger partial charge in [-0.25, -0.2) is 4.39 Å². The highest BCUT2D eigenvalue weighted by molar-refractivity contribution is 4.58. The van der Waals surface area contributed by atoms with Crippen molar-refractivity contribution >= 4 is 0 Å². The first-order valence-corrected chi connectivity index (χ1v) is 3.73. The van der Waals surface area contributed by atoms with Gasteiger partial charge in [-0.1, -0.05) is 12.8 Å². The minimum Gasteiger partial charge on any atom is -0.396 e. The van der Waals surface area contributed by atoms with E-state index >= 15 is 0 Å². The van der Waals surface area contributed by atoms with Crippen LogP contribution in [-0.4, -0.2) is 24.4 Å². The Morgan fingerprint density at radius 1 is 1.30 bits per heavy atom. The number of unbranched alkanes of at least 4 members (excludes halogenated alkanes) is 2. The number of alkyl halides is 1. The Balaban J connectivity index is 2.89. The van der Waals surface area contributed by atoms with Crippen LogP contribution in [0.15, 0.2) is 0 Å². The van der Waals surface area contributed by atoms with Gasteiger partial charge in [-0.15, -0.1) is 0 Å². The predicted molar refractivity (Wildman–Crippen MR) is 39.5 cm³/mol. The zero-order chi connectivity index (χ0) is 7.82. The fourth-order valence-electron chi connectivity index (χ4n) is 0.772. The van der Waals surface area contributed by atoms with Crippen molar-refractivity contribution in [2.24, 2.45) is 5.73 Å². The second kappa shape index (κ2) is 6.96. The summed E-state index contributed by atoms with van der Waals surface area (Å²) in [5, 5.41) is 8.38. The number of hydrogen-bond acceptors (Lipinski definition) is 2.